The molecule has 0 unspecified atom stereocenters. The number of benzene rings is 1. The lowest BCUT2D eigenvalue weighted by atomic mass is 9.86. The summed E-state index contributed by atoms with van der Waals surface area (Å²) in [7, 11) is 0. The zero-order valence-corrected chi connectivity index (χ0v) is 15.0. The van der Waals surface area contributed by atoms with Gasteiger partial charge in [-0.05, 0) is 43.7 Å². The Bertz CT molecular complexity index is 684. The maximum Gasteiger partial charge on any atom is 0.223 e. The van der Waals surface area contributed by atoms with Crippen LogP contribution < -0.4 is 0 Å². The van der Waals surface area contributed by atoms with Crippen LogP contribution in [0.2, 0.25) is 0 Å². The van der Waals surface area contributed by atoms with E-state index in [0.717, 1.165) is 48.6 Å². The number of fused-ring (bicyclic) bond motifs is 1. The maximum absolute atomic E-state index is 12.8. The molecule has 1 atom stereocenters. The number of amides is 1. The molecule has 2 aromatic rings. The van der Waals surface area contributed by atoms with Crippen LogP contribution in [0.25, 0.3) is 11.0 Å². The van der Waals surface area contributed by atoms with Crippen LogP contribution in [-0.4, -0.2) is 27.3 Å². The first-order valence-corrected chi connectivity index (χ1v) is 10.1. The minimum Gasteiger partial charge on any atom is -0.340 e. The SMILES string of the molecule is O=C(CCCC1CCCCC1)N1CCC[C@@H]1c1nc2ccccc2[nH]1. The van der Waals surface area contributed by atoms with Crippen LogP contribution in [0.15, 0.2) is 24.3 Å². The number of carbonyl (C=O) groups is 1. The first kappa shape index (κ1) is 16.6. The van der Waals surface area contributed by atoms with Crippen molar-refractivity contribution >= 4 is 16.9 Å². The average Bonchev–Trinajstić information content (AvgIpc) is 3.29. The molecule has 2 heterocycles. The highest BCUT2D eigenvalue weighted by molar-refractivity contribution is 5.78. The standard InChI is InChI=1S/C21H29N3O/c25-20(14-6-10-16-8-2-1-3-9-16)24-15-7-13-19(24)21-22-17-11-4-5-12-18(17)23-21/h4-5,11-12,16,19H,1-3,6-10,13-15H2,(H,22,23)/t19-/m1/s1. The minimum absolute atomic E-state index is 0.134. The Kier molecular flexibility index (Phi) is 5.04. The van der Waals surface area contributed by atoms with Gasteiger partial charge < -0.3 is 9.88 Å². The third-order valence-electron chi connectivity index (χ3n) is 6.02. The normalized spacial score (nSPS) is 21.9. The summed E-state index contributed by atoms with van der Waals surface area (Å²) in [5, 5.41) is 0. The van der Waals surface area contributed by atoms with Crippen molar-refractivity contribution in [1.29, 1.82) is 0 Å². The number of H-pyrrole nitrogens is 1. The second kappa shape index (κ2) is 7.59. The Labute approximate surface area is 150 Å². The molecule has 4 rings (SSSR count). The summed E-state index contributed by atoms with van der Waals surface area (Å²) in [4.78, 5) is 23.0. The van der Waals surface area contributed by atoms with Crippen molar-refractivity contribution in [3.8, 4) is 0 Å². The van der Waals surface area contributed by atoms with Gasteiger partial charge in [0, 0.05) is 13.0 Å². The van der Waals surface area contributed by atoms with Crippen molar-refractivity contribution in [3.63, 3.8) is 0 Å². The van der Waals surface area contributed by atoms with Gasteiger partial charge in [-0.15, -0.1) is 0 Å². The smallest absolute Gasteiger partial charge is 0.223 e. The number of rotatable bonds is 5. The summed E-state index contributed by atoms with van der Waals surface area (Å²) in [6.07, 6.45) is 12.0. The van der Waals surface area contributed by atoms with E-state index in [9.17, 15) is 4.79 Å². The van der Waals surface area contributed by atoms with Crippen LogP contribution in [-0.2, 0) is 4.79 Å². The Morgan fingerprint density at radius 1 is 1.12 bits per heavy atom. The van der Waals surface area contributed by atoms with E-state index in [-0.39, 0.29) is 6.04 Å². The van der Waals surface area contributed by atoms with Gasteiger partial charge >= 0.3 is 0 Å². The summed E-state index contributed by atoms with van der Waals surface area (Å²) >= 11 is 0. The quantitative estimate of drug-likeness (QED) is 0.835. The number of imidazole rings is 1. The van der Waals surface area contributed by atoms with Crippen LogP contribution in [0.1, 0.15) is 76.1 Å². The second-order valence-corrected chi connectivity index (χ2v) is 7.78. The molecule has 1 aliphatic heterocycles. The largest absolute Gasteiger partial charge is 0.340 e. The zero-order valence-electron chi connectivity index (χ0n) is 15.0. The van der Waals surface area contributed by atoms with Gasteiger partial charge in [-0.3, -0.25) is 4.79 Å². The van der Waals surface area contributed by atoms with E-state index in [1.807, 2.05) is 18.2 Å². The molecular weight excluding hydrogens is 310 g/mol. The molecule has 2 aliphatic rings. The number of aromatic amines is 1. The Morgan fingerprint density at radius 2 is 1.96 bits per heavy atom. The van der Waals surface area contributed by atoms with Gasteiger partial charge in [0.2, 0.25) is 5.91 Å². The summed E-state index contributed by atoms with van der Waals surface area (Å²) < 4.78 is 0. The molecule has 1 N–H and O–H groups in total. The fourth-order valence-electron chi connectivity index (χ4n) is 4.64. The van der Waals surface area contributed by atoms with Crippen LogP contribution in [0.5, 0.6) is 0 Å². The summed E-state index contributed by atoms with van der Waals surface area (Å²) in [5.41, 5.74) is 2.06. The van der Waals surface area contributed by atoms with Gasteiger partial charge in [0.05, 0.1) is 17.1 Å². The van der Waals surface area contributed by atoms with Crippen molar-refractivity contribution in [2.24, 2.45) is 5.92 Å². The minimum atomic E-state index is 0.134. The van der Waals surface area contributed by atoms with Crippen LogP contribution in [0, 0.1) is 5.92 Å². The number of carbonyl (C=O) groups excluding carboxylic acids is 1. The van der Waals surface area contributed by atoms with E-state index in [1.165, 1.54) is 38.5 Å². The van der Waals surface area contributed by atoms with Crippen LogP contribution in [0.3, 0.4) is 0 Å². The van der Waals surface area contributed by atoms with E-state index >= 15 is 0 Å². The Balaban J connectivity index is 1.36. The topological polar surface area (TPSA) is 49.0 Å². The van der Waals surface area contributed by atoms with Crippen molar-refractivity contribution < 1.29 is 4.79 Å². The summed E-state index contributed by atoms with van der Waals surface area (Å²) in [6.45, 7) is 0.879. The van der Waals surface area contributed by atoms with Crippen molar-refractivity contribution in [2.75, 3.05) is 6.54 Å². The number of nitrogens with zero attached hydrogens (tertiary/aromatic N) is 2. The molecule has 1 amide bonds. The van der Waals surface area contributed by atoms with Crippen LogP contribution in [0.4, 0.5) is 0 Å². The van der Waals surface area contributed by atoms with E-state index in [4.69, 9.17) is 4.98 Å². The third kappa shape index (κ3) is 3.73. The number of hydrogen-bond donors (Lipinski definition) is 1. The van der Waals surface area contributed by atoms with E-state index in [0.29, 0.717) is 12.3 Å². The molecule has 0 bridgehead atoms. The van der Waals surface area contributed by atoms with Gasteiger partial charge in [-0.2, -0.15) is 0 Å². The summed E-state index contributed by atoms with van der Waals surface area (Å²) in [6, 6.07) is 8.25. The van der Waals surface area contributed by atoms with Gasteiger partial charge in [-0.25, -0.2) is 4.98 Å². The van der Waals surface area contributed by atoms with Gasteiger partial charge in [0.25, 0.3) is 0 Å². The first-order chi connectivity index (χ1) is 12.3. The molecule has 0 radical (unpaired) electrons. The zero-order chi connectivity index (χ0) is 17.1. The van der Waals surface area contributed by atoms with Crippen molar-refractivity contribution in [1.82, 2.24) is 14.9 Å². The fraction of sp³-hybridized carbons (Fsp3) is 0.619. The second-order valence-electron chi connectivity index (χ2n) is 7.78. The predicted octanol–water partition coefficient (Wildman–Crippen LogP) is 4.98. The molecule has 0 spiro atoms. The first-order valence-electron chi connectivity index (χ1n) is 10.1. The van der Waals surface area contributed by atoms with E-state index < -0.39 is 0 Å². The van der Waals surface area contributed by atoms with Crippen LogP contribution >= 0.6 is 0 Å². The fourth-order valence-corrected chi connectivity index (χ4v) is 4.64. The Hall–Kier alpha value is -1.84. The van der Waals surface area contributed by atoms with Crippen molar-refractivity contribution in [3.05, 3.63) is 30.1 Å². The molecule has 134 valence electrons. The molecule has 25 heavy (non-hydrogen) atoms. The van der Waals surface area contributed by atoms with Gasteiger partial charge in [0.1, 0.15) is 5.82 Å². The number of likely N-dealkylation sites (tertiary alicyclic amines) is 1. The predicted molar refractivity (Wildman–Crippen MR) is 100 cm³/mol. The number of para-hydroxylation sites is 2. The molecule has 1 aromatic heterocycles. The van der Waals surface area contributed by atoms with E-state index in [2.05, 4.69) is 16.0 Å². The molecule has 1 saturated carbocycles. The number of aromatic nitrogens is 2. The highest BCUT2D eigenvalue weighted by atomic mass is 16.2. The van der Waals surface area contributed by atoms with Crippen molar-refractivity contribution in [2.45, 2.75) is 70.3 Å². The van der Waals surface area contributed by atoms with Gasteiger partial charge in [0.15, 0.2) is 0 Å². The molecule has 1 saturated heterocycles. The molecule has 4 nitrogen and oxygen atoms in total. The number of nitrogens with one attached hydrogen (secondary N) is 1. The maximum atomic E-state index is 12.8. The molecule has 2 fully saturated rings. The van der Waals surface area contributed by atoms with Gasteiger partial charge in [-0.1, -0.05) is 44.2 Å². The monoisotopic (exact) mass is 339 g/mol. The summed E-state index contributed by atoms with van der Waals surface area (Å²) in [5.74, 6) is 2.14. The lowest BCUT2D eigenvalue weighted by Gasteiger charge is -2.24. The molecular formula is C21H29N3O. The Morgan fingerprint density at radius 3 is 2.80 bits per heavy atom. The molecule has 1 aromatic carbocycles. The molecule has 4 heteroatoms. The highest BCUT2D eigenvalue weighted by Crippen LogP contribution is 2.33. The average molecular weight is 339 g/mol. The number of hydrogen-bond acceptors (Lipinski definition) is 2. The lowest BCUT2D eigenvalue weighted by molar-refractivity contribution is -0.132. The highest BCUT2D eigenvalue weighted by Gasteiger charge is 2.31. The third-order valence-corrected chi connectivity index (χ3v) is 6.02. The lowest BCUT2D eigenvalue weighted by Crippen LogP contribution is -2.31. The molecule has 1 aliphatic carbocycles. The van der Waals surface area contributed by atoms with E-state index in [1.54, 1.807) is 0 Å².